The van der Waals surface area contributed by atoms with Gasteiger partial charge in [0.25, 0.3) is 0 Å². The first-order valence-corrected chi connectivity index (χ1v) is 6.49. The van der Waals surface area contributed by atoms with Crippen LogP contribution in [0.1, 0.15) is 18.9 Å². The first kappa shape index (κ1) is 13.3. The number of aromatic nitrogens is 1. The van der Waals surface area contributed by atoms with Gasteiger partial charge < -0.3 is 10.4 Å². The first-order valence-electron chi connectivity index (χ1n) is 6.49. The molecular weight excluding hydrogens is 240 g/mol. The molecule has 100 valence electrons. The van der Waals surface area contributed by atoms with E-state index in [4.69, 9.17) is 5.11 Å². The summed E-state index contributed by atoms with van der Waals surface area (Å²) in [6.45, 7) is 2.58. The van der Waals surface area contributed by atoms with Crippen LogP contribution in [-0.2, 0) is 6.42 Å². The van der Waals surface area contributed by atoms with E-state index in [9.17, 15) is 4.79 Å². The Morgan fingerprint density at radius 2 is 2.26 bits per heavy atom. The highest BCUT2D eigenvalue weighted by Crippen LogP contribution is 2.17. The maximum Gasteiger partial charge on any atom is 0.404 e. The van der Waals surface area contributed by atoms with Crippen molar-refractivity contribution in [1.82, 2.24) is 10.3 Å². The minimum absolute atomic E-state index is 0.324. The predicted octanol–water partition coefficient (Wildman–Crippen LogP) is 3.07. The molecule has 0 radical (unpaired) electrons. The van der Waals surface area contributed by atoms with Crippen LogP contribution in [0.15, 0.2) is 36.5 Å². The van der Waals surface area contributed by atoms with E-state index in [2.05, 4.69) is 29.4 Å². The van der Waals surface area contributed by atoms with Crippen LogP contribution in [0.25, 0.3) is 10.9 Å². The molecule has 0 spiro atoms. The second-order valence-electron chi connectivity index (χ2n) is 4.69. The second-order valence-corrected chi connectivity index (χ2v) is 4.69. The van der Waals surface area contributed by atoms with E-state index >= 15 is 0 Å². The third kappa shape index (κ3) is 3.68. The Kier molecular flexibility index (Phi) is 4.34. The summed E-state index contributed by atoms with van der Waals surface area (Å²) in [5.74, 6) is 0.324. The molecule has 2 rings (SSSR count). The molecule has 19 heavy (non-hydrogen) atoms. The maximum atomic E-state index is 10.5. The number of amides is 1. The van der Waals surface area contributed by atoms with Crippen LogP contribution in [-0.4, -0.2) is 22.7 Å². The van der Waals surface area contributed by atoms with Gasteiger partial charge in [-0.25, -0.2) is 4.79 Å². The minimum atomic E-state index is -0.957. The average Bonchev–Trinajstić information content (AvgIpc) is 2.43. The van der Waals surface area contributed by atoms with Gasteiger partial charge in [0.05, 0.1) is 5.52 Å². The lowest BCUT2D eigenvalue weighted by atomic mass is 9.96. The summed E-state index contributed by atoms with van der Waals surface area (Å²) >= 11 is 0. The van der Waals surface area contributed by atoms with Crippen molar-refractivity contribution in [1.29, 1.82) is 0 Å². The van der Waals surface area contributed by atoms with E-state index in [1.807, 2.05) is 18.2 Å². The Morgan fingerprint density at radius 3 is 3.00 bits per heavy atom. The number of nitrogens with one attached hydrogen (secondary N) is 1. The van der Waals surface area contributed by atoms with Gasteiger partial charge >= 0.3 is 6.09 Å². The van der Waals surface area contributed by atoms with E-state index < -0.39 is 6.09 Å². The summed E-state index contributed by atoms with van der Waals surface area (Å²) in [4.78, 5) is 14.8. The average molecular weight is 258 g/mol. The van der Waals surface area contributed by atoms with Crippen molar-refractivity contribution in [3.8, 4) is 0 Å². The molecular formula is C15H18N2O2. The molecule has 1 heterocycles. The molecule has 1 aromatic carbocycles. The molecule has 2 aromatic rings. The van der Waals surface area contributed by atoms with Crippen LogP contribution in [0.2, 0.25) is 0 Å². The molecule has 4 heteroatoms. The van der Waals surface area contributed by atoms with Crippen LogP contribution in [0.3, 0.4) is 0 Å². The van der Waals surface area contributed by atoms with Gasteiger partial charge in [0, 0.05) is 18.1 Å². The van der Waals surface area contributed by atoms with Crippen molar-refractivity contribution in [2.75, 3.05) is 6.54 Å². The van der Waals surface area contributed by atoms with Crippen LogP contribution >= 0.6 is 0 Å². The number of fused-ring (bicyclic) bond motifs is 1. The Hall–Kier alpha value is -2.10. The summed E-state index contributed by atoms with van der Waals surface area (Å²) in [6.07, 6.45) is 2.65. The summed E-state index contributed by atoms with van der Waals surface area (Å²) < 4.78 is 0. The lowest BCUT2D eigenvalue weighted by Crippen LogP contribution is -2.28. The minimum Gasteiger partial charge on any atom is -0.465 e. The van der Waals surface area contributed by atoms with Gasteiger partial charge in [-0.05, 0) is 36.1 Å². The molecule has 0 aliphatic heterocycles. The first-order chi connectivity index (χ1) is 9.19. The highest BCUT2D eigenvalue weighted by atomic mass is 16.4. The highest BCUT2D eigenvalue weighted by molar-refractivity contribution is 5.78. The van der Waals surface area contributed by atoms with Crippen LogP contribution in [0.5, 0.6) is 0 Å². The molecule has 0 bridgehead atoms. The number of carbonyl (C=O) groups is 1. The monoisotopic (exact) mass is 258 g/mol. The zero-order valence-corrected chi connectivity index (χ0v) is 11.0. The molecule has 0 aliphatic carbocycles. The Balaban J connectivity index is 2.08. The molecule has 0 saturated heterocycles. The maximum absolute atomic E-state index is 10.5. The molecule has 1 amide bonds. The molecule has 1 aromatic heterocycles. The lowest BCUT2D eigenvalue weighted by Gasteiger charge is -2.14. The van der Waals surface area contributed by atoms with Crippen molar-refractivity contribution in [3.63, 3.8) is 0 Å². The zero-order chi connectivity index (χ0) is 13.7. The number of hydrogen-bond acceptors (Lipinski definition) is 2. The fraction of sp³-hybridized carbons (Fsp3) is 0.333. The van der Waals surface area contributed by atoms with Gasteiger partial charge in [-0.2, -0.15) is 0 Å². The standard InChI is InChI=1S/C15H18N2O2/c1-2-11(10-17-15(18)19)8-12-5-6-14-13(9-12)4-3-7-16-14/h3-7,9,11,17H,2,8,10H2,1H3,(H,18,19). The van der Waals surface area contributed by atoms with Crippen molar-refractivity contribution >= 4 is 17.0 Å². The molecule has 0 aliphatic rings. The molecule has 2 N–H and O–H groups in total. The summed E-state index contributed by atoms with van der Waals surface area (Å²) in [5, 5.41) is 12.2. The van der Waals surface area contributed by atoms with Gasteiger partial charge in [-0.15, -0.1) is 0 Å². The van der Waals surface area contributed by atoms with Gasteiger partial charge in [-0.1, -0.05) is 25.5 Å². The Morgan fingerprint density at radius 1 is 1.42 bits per heavy atom. The van der Waals surface area contributed by atoms with Crippen LogP contribution in [0, 0.1) is 5.92 Å². The highest BCUT2D eigenvalue weighted by Gasteiger charge is 2.09. The van der Waals surface area contributed by atoms with E-state index in [0.29, 0.717) is 12.5 Å². The normalized spacial score (nSPS) is 12.3. The van der Waals surface area contributed by atoms with Gasteiger partial charge in [-0.3, -0.25) is 4.98 Å². The van der Waals surface area contributed by atoms with Crippen molar-refractivity contribution < 1.29 is 9.90 Å². The molecule has 1 atom stereocenters. The number of nitrogens with zero attached hydrogens (tertiary/aromatic N) is 1. The number of rotatable bonds is 5. The van der Waals surface area contributed by atoms with Crippen molar-refractivity contribution in [3.05, 3.63) is 42.1 Å². The Bertz CT molecular complexity index is 569. The van der Waals surface area contributed by atoms with Gasteiger partial charge in [0.2, 0.25) is 0 Å². The number of hydrogen-bond donors (Lipinski definition) is 2. The number of pyridine rings is 1. The van der Waals surface area contributed by atoms with Crippen LogP contribution in [0.4, 0.5) is 4.79 Å². The SMILES string of the molecule is CCC(CNC(=O)O)Cc1ccc2ncccc2c1. The van der Waals surface area contributed by atoms with E-state index in [1.54, 1.807) is 6.20 Å². The van der Waals surface area contributed by atoms with E-state index in [-0.39, 0.29) is 0 Å². The fourth-order valence-electron chi connectivity index (χ4n) is 2.18. The zero-order valence-electron chi connectivity index (χ0n) is 11.0. The quantitative estimate of drug-likeness (QED) is 0.866. The van der Waals surface area contributed by atoms with E-state index in [0.717, 1.165) is 23.7 Å². The van der Waals surface area contributed by atoms with Crippen LogP contribution < -0.4 is 5.32 Å². The predicted molar refractivity (Wildman–Crippen MR) is 75.3 cm³/mol. The number of benzene rings is 1. The fourth-order valence-corrected chi connectivity index (χ4v) is 2.18. The molecule has 4 nitrogen and oxygen atoms in total. The number of carboxylic acid groups (broad SMARTS) is 1. The smallest absolute Gasteiger partial charge is 0.404 e. The second kappa shape index (κ2) is 6.18. The summed E-state index contributed by atoms with van der Waals surface area (Å²) in [6, 6.07) is 10.2. The lowest BCUT2D eigenvalue weighted by molar-refractivity contribution is 0.192. The van der Waals surface area contributed by atoms with Crippen molar-refractivity contribution in [2.24, 2.45) is 5.92 Å². The molecule has 1 unspecified atom stereocenters. The van der Waals surface area contributed by atoms with E-state index in [1.165, 1.54) is 5.56 Å². The van der Waals surface area contributed by atoms with Crippen molar-refractivity contribution in [2.45, 2.75) is 19.8 Å². The molecule has 0 saturated carbocycles. The Labute approximate surface area is 112 Å². The summed E-state index contributed by atoms with van der Waals surface area (Å²) in [5.41, 5.74) is 2.21. The van der Waals surface area contributed by atoms with Gasteiger partial charge in [0.15, 0.2) is 0 Å². The topological polar surface area (TPSA) is 62.2 Å². The van der Waals surface area contributed by atoms with Gasteiger partial charge in [0.1, 0.15) is 0 Å². The molecule has 0 fully saturated rings. The third-order valence-corrected chi connectivity index (χ3v) is 3.31. The summed E-state index contributed by atoms with van der Waals surface area (Å²) in [7, 11) is 0. The third-order valence-electron chi connectivity index (χ3n) is 3.31. The largest absolute Gasteiger partial charge is 0.465 e.